The van der Waals surface area contributed by atoms with Crippen molar-refractivity contribution in [3.05, 3.63) is 12.3 Å². The zero-order valence-corrected chi connectivity index (χ0v) is 6.52. The monoisotopic (exact) mass is 148 g/mol. The minimum atomic E-state index is -1.37. The van der Waals surface area contributed by atoms with Gasteiger partial charge in [-0.05, 0) is 6.42 Å². The van der Waals surface area contributed by atoms with E-state index in [9.17, 15) is 4.21 Å². The third kappa shape index (κ3) is 4.17. The van der Waals surface area contributed by atoms with E-state index < -0.39 is 11.2 Å². The van der Waals surface area contributed by atoms with Crippen LogP contribution in [-0.2, 0) is 11.2 Å². The number of nitrogens with two attached hydrogens (primary N) is 1. The molecule has 0 heterocycles. The fourth-order valence-corrected chi connectivity index (χ4v) is 0.520. The average molecular weight is 148 g/mol. The van der Waals surface area contributed by atoms with Gasteiger partial charge in [-0.1, -0.05) is 13.0 Å². The van der Waals surface area contributed by atoms with Gasteiger partial charge in [-0.15, -0.1) is 0 Å². The van der Waals surface area contributed by atoms with Gasteiger partial charge in [0.15, 0.2) is 11.2 Å². The van der Waals surface area contributed by atoms with Crippen LogP contribution in [0.4, 0.5) is 0 Å². The Hall–Kier alpha value is -0.350. The van der Waals surface area contributed by atoms with Crippen LogP contribution in [0.1, 0.15) is 13.3 Å². The highest BCUT2D eigenvalue weighted by Gasteiger charge is 1.91. The quantitative estimate of drug-likeness (QED) is 0.618. The first-order valence-corrected chi connectivity index (χ1v) is 3.91. The molecule has 0 amide bonds. The predicted molar refractivity (Wildman–Crippen MR) is 39.5 cm³/mol. The maximum absolute atomic E-state index is 10.4. The van der Waals surface area contributed by atoms with E-state index in [2.05, 4.69) is 0 Å². The third-order valence-electron chi connectivity index (χ3n) is 0.835. The summed E-state index contributed by atoms with van der Waals surface area (Å²) < 4.78 is 11.9. The Morgan fingerprint density at radius 2 is 2.33 bits per heavy atom. The van der Waals surface area contributed by atoms with Crippen molar-refractivity contribution < 1.29 is 4.21 Å². The van der Waals surface area contributed by atoms with Crippen molar-refractivity contribution in [1.82, 2.24) is 4.31 Å². The number of nitrogens with zero attached hydrogens (tertiary/aromatic N) is 1. The molecular formula is C5H12N2OS. The standard InChI is InChI=1S/C5H12N2OS/c1-3-4-5-7(2)9(6)8/h4-5H,3,6H2,1-2H3/b5-4-. The molecule has 1 atom stereocenters. The fourth-order valence-electron chi connectivity index (χ4n) is 0.314. The first kappa shape index (κ1) is 8.65. The van der Waals surface area contributed by atoms with Gasteiger partial charge in [0, 0.05) is 13.2 Å². The van der Waals surface area contributed by atoms with Crippen molar-refractivity contribution in [3.8, 4) is 0 Å². The topological polar surface area (TPSA) is 46.3 Å². The van der Waals surface area contributed by atoms with Crippen molar-refractivity contribution in [2.45, 2.75) is 13.3 Å². The van der Waals surface area contributed by atoms with Crippen LogP contribution in [0, 0.1) is 0 Å². The molecule has 0 saturated heterocycles. The maximum Gasteiger partial charge on any atom is 0.192 e. The SMILES string of the molecule is CC/C=C\N(C)S(N)=O. The molecule has 0 aromatic heterocycles. The van der Waals surface area contributed by atoms with Crippen LogP contribution < -0.4 is 5.14 Å². The zero-order chi connectivity index (χ0) is 7.28. The van der Waals surface area contributed by atoms with Gasteiger partial charge < -0.3 is 0 Å². The summed E-state index contributed by atoms with van der Waals surface area (Å²) >= 11 is -1.37. The Morgan fingerprint density at radius 3 is 2.67 bits per heavy atom. The molecule has 0 aromatic rings. The van der Waals surface area contributed by atoms with Crippen LogP contribution in [0.2, 0.25) is 0 Å². The first-order chi connectivity index (χ1) is 4.18. The van der Waals surface area contributed by atoms with Gasteiger partial charge in [0.2, 0.25) is 0 Å². The van der Waals surface area contributed by atoms with E-state index in [4.69, 9.17) is 5.14 Å². The van der Waals surface area contributed by atoms with Gasteiger partial charge in [0.25, 0.3) is 0 Å². The maximum atomic E-state index is 10.4. The summed E-state index contributed by atoms with van der Waals surface area (Å²) in [5.41, 5.74) is 0. The molecule has 2 N–H and O–H groups in total. The van der Waals surface area contributed by atoms with E-state index in [-0.39, 0.29) is 0 Å². The van der Waals surface area contributed by atoms with Crippen molar-refractivity contribution in [3.63, 3.8) is 0 Å². The summed E-state index contributed by atoms with van der Waals surface area (Å²) in [6.45, 7) is 2.00. The van der Waals surface area contributed by atoms with Gasteiger partial charge >= 0.3 is 0 Å². The molecule has 4 heteroatoms. The summed E-state index contributed by atoms with van der Waals surface area (Å²) in [6.07, 6.45) is 4.53. The molecule has 1 unspecified atom stereocenters. The van der Waals surface area contributed by atoms with Gasteiger partial charge in [0.05, 0.1) is 0 Å². The second-order valence-corrected chi connectivity index (χ2v) is 2.74. The molecule has 54 valence electrons. The molecule has 0 saturated carbocycles. The summed E-state index contributed by atoms with van der Waals surface area (Å²) in [5, 5.41) is 5.02. The summed E-state index contributed by atoms with van der Waals surface area (Å²) in [5.74, 6) is 0. The van der Waals surface area contributed by atoms with E-state index in [0.717, 1.165) is 6.42 Å². The van der Waals surface area contributed by atoms with Gasteiger partial charge in [-0.25, -0.2) is 9.35 Å². The summed E-state index contributed by atoms with van der Waals surface area (Å²) in [6, 6.07) is 0. The average Bonchev–Trinajstić information content (AvgIpc) is 1.82. The summed E-state index contributed by atoms with van der Waals surface area (Å²) in [7, 11) is 1.67. The molecule has 9 heavy (non-hydrogen) atoms. The van der Waals surface area contributed by atoms with Crippen molar-refractivity contribution in [2.24, 2.45) is 5.14 Å². The van der Waals surface area contributed by atoms with Crippen LogP contribution in [0.3, 0.4) is 0 Å². The molecule has 3 nitrogen and oxygen atoms in total. The highest BCUT2D eigenvalue weighted by molar-refractivity contribution is 7.80. The lowest BCUT2D eigenvalue weighted by molar-refractivity contribution is 0.629. The Kier molecular flexibility index (Phi) is 4.35. The molecular weight excluding hydrogens is 136 g/mol. The van der Waals surface area contributed by atoms with Crippen LogP contribution in [0.5, 0.6) is 0 Å². The molecule has 0 bridgehead atoms. The van der Waals surface area contributed by atoms with Crippen LogP contribution in [0.25, 0.3) is 0 Å². The van der Waals surface area contributed by atoms with Crippen LogP contribution in [0.15, 0.2) is 12.3 Å². The van der Waals surface area contributed by atoms with Crippen LogP contribution in [-0.4, -0.2) is 15.6 Å². The summed E-state index contributed by atoms with van der Waals surface area (Å²) in [4.78, 5) is 0. The van der Waals surface area contributed by atoms with Gasteiger partial charge in [0.1, 0.15) is 0 Å². The van der Waals surface area contributed by atoms with E-state index in [1.165, 1.54) is 4.31 Å². The molecule has 0 spiro atoms. The lowest BCUT2D eigenvalue weighted by Gasteiger charge is -2.06. The Balaban J connectivity index is 3.62. The Labute approximate surface area is 58.3 Å². The van der Waals surface area contributed by atoms with E-state index >= 15 is 0 Å². The molecule has 0 aromatic carbocycles. The van der Waals surface area contributed by atoms with Crippen molar-refractivity contribution in [2.75, 3.05) is 7.05 Å². The number of rotatable bonds is 3. The second-order valence-electron chi connectivity index (χ2n) is 1.62. The predicted octanol–water partition coefficient (Wildman–Crippen LogP) is 0.379. The Morgan fingerprint density at radius 1 is 1.78 bits per heavy atom. The molecule has 0 aliphatic heterocycles. The highest BCUT2D eigenvalue weighted by Crippen LogP contribution is 1.86. The van der Waals surface area contributed by atoms with Gasteiger partial charge in [-0.3, -0.25) is 4.31 Å². The fraction of sp³-hybridized carbons (Fsp3) is 0.600. The lowest BCUT2D eigenvalue weighted by Crippen LogP contribution is -2.21. The molecule has 0 rings (SSSR count). The molecule has 0 fully saturated rings. The second kappa shape index (κ2) is 4.52. The molecule has 0 aliphatic rings. The normalized spacial score (nSPS) is 14.1. The van der Waals surface area contributed by atoms with Gasteiger partial charge in [-0.2, -0.15) is 0 Å². The number of hydrogen-bond donors (Lipinski definition) is 1. The minimum Gasteiger partial charge on any atom is -0.290 e. The highest BCUT2D eigenvalue weighted by atomic mass is 32.2. The van der Waals surface area contributed by atoms with Crippen molar-refractivity contribution in [1.29, 1.82) is 0 Å². The zero-order valence-electron chi connectivity index (χ0n) is 5.70. The Bertz CT molecular complexity index is 124. The van der Waals surface area contributed by atoms with E-state index in [1.807, 2.05) is 13.0 Å². The van der Waals surface area contributed by atoms with Crippen molar-refractivity contribution >= 4 is 11.2 Å². The number of hydrogen-bond acceptors (Lipinski definition) is 1. The van der Waals surface area contributed by atoms with Crippen LogP contribution >= 0.6 is 0 Å². The smallest absolute Gasteiger partial charge is 0.192 e. The molecule has 0 radical (unpaired) electrons. The number of allylic oxidation sites excluding steroid dienone is 1. The van der Waals surface area contributed by atoms with E-state index in [0.29, 0.717) is 0 Å². The minimum absolute atomic E-state index is 0.932. The van der Waals surface area contributed by atoms with E-state index in [1.54, 1.807) is 13.2 Å². The first-order valence-electron chi connectivity index (χ1n) is 2.74. The molecule has 0 aliphatic carbocycles. The lowest BCUT2D eigenvalue weighted by atomic mass is 10.5. The third-order valence-corrected chi connectivity index (χ3v) is 1.52. The largest absolute Gasteiger partial charge is 0.290 e.